The molecule has 166 valence electrons. The lowest BCUT2D eigenvalue weighted by Gasteiger charge is -2.37. The predicted octanol–water partition coefficient (Wildman–Crippen LogP) is 6.75. The second-order valence-corrected chi connectivity index (χ2v) is 13.2. The molecule has 0 saturated carbocycles. The van der Waals surface area contributed by atoms with Crippen molar-refractivity contribution in [2.45, 2.75) is 0 Å². The quantitative estimate of drug-likeness (QED) is 0.239. The van der Waals surface area contributed by atoms with E-state index in [0.29, 0.717) is 0 Å². The molecule has 0 atom stereocenters. The first-order chi connectivity index (χ1) is 17.2. The SMILES string of the molecule is S=P12c3ccccc3Oc3cc(-n4c5ccccc5c5ccccc54)cc(c31)Oc1ccccc12. The number of benzene rings is 5. The van der Waals surface area contributed by atoms with E-state index in [0.717, 1.165) is 55.6 Å². The molecule has 2 aliphatic heterocycles. The number of rotatable bonds is 1. The van der Waals surface area contributed by atoms with Gasteiger partial charge in [-0.3, -0.25) is 0 Å². The van der Waals surface area contributed by atoms with E-state index in [1.807, 2.05) is 36.4 Å². The van der Waals surface area contributed by atoms with Crippen LogP contribution in [0.4, 0.5) is 0 Å². The normalized spacial score (nSPS) is 14.5. The van der Waals surface area contributed by atoms with Crippen LogP contribution >= 0.6 is 6.04 Å². The molecule has 0 fully saturated rings. The highest BCUT2D eigenvalue weighted by Gasteiger charge is 2.42. The van der Waals surface area contributed by atoms with Crippen molar-refractivity contribution in [2.75, 3.05) is 0 Å². The van der Waals surface area contributed by atoms with E-state index in [1.165, 1.54) is 10.8 Å². The molecule has 8 rings (SSSR count). The molecular formula is C30H18NO2PS. The second kappa shape index (κ2) is 6.85. The van der Waals surface area contributed by atoms with E-state index in [-0.39, 0.29) is 0 Å². The summed E-state index contributed by atoms with van der Waals surface area (Å²) in [6, 6.07) is 35.3. The maximum atomic E-state index is 6.60. The topological polar surface area (TPSA) is 23.4 Å². The summed E-state index contributed by atoms with van der Waals surface area (Å²) in [4.78, 5) is 0. The minimum atomic E-state index is -2.33. The number of hydrogen-bond acceptors (Lipinski definition) is 3. The Morgan fingerprint density at radius 1 is 0.543 bits per heavy atom. The Morgan fingerprint density at radius 2 is 1.00 bits per heavy atom. The first-order valence-corrected chi connectivity index (χ1v) is 14.4. The summed E-state index contributed by atoms with van der Waals surface area (Å²) < 4.78 is 15.4. The van der Waals surface area contributed by atoms with Crippen molar-refractivity contribution >= 4 is 55.6 Å². The van der Waals surface area contributed by atoms with E-state index >= 15 is 0 Å². The Bertz CT molecular complexity index is 1780. The van der Waals surface area contributed by atoms with Crippen molar-refractivity contribution in [1.29, 1.82) is 0 Å². The molecule has 0 saturated heterocycles. The maximum Gasteiger partial charge on any atom is 0.142 e. The van der Waals surface area contributed by atoms with Crippen molar-refractivity contribution in [2.24, 2.45) is 0 Å². The smallest absolute Gasteiger partial charge is 0.142 e. The minimum absolute atomic E-state index is 0.788. The lowest BCUT2D eigenvalue weighted by molar-refractivity contribution is 0.466. The summed E-state index contributed by atoms with van der Waals surface area (Å²) in [7, 11) is 0. The molecule has 0 amide bonds. The fraction of sp³-hybridized carbons (Fsp3) is 0. The summed E-state index contributed by atoms with van der Waals surface area (Å²) in [5.74, 6) is 3.25. The molecule has 5 heteroatoms. The van der Waals surface area contributed by atoms with Gasteiger partial charge in [0, 0.05) is 33.5 Å². The van der Waals surface area contributed by atoms with Gasteiger partial charge in [-0.05, 0) is 36.4 Å². The van der Waals surface area contributed by atoms with Gasteiger partial charge in [-0.2, -0.15) is 0 Å². The molecule has 0 N–H and O–H groups in total. The van der Waals surface area contributed by atoms with Crippen molar-refractivity contribution in [3.05, 3.63) is 109 Å². The molecule has 35 heavy (non-hydrogen) atoms. The average Bonchev–Trinajstić information content (AvgIpc) is 3.23. The molecule has 1 aromatic heterocycles. The lowest BCUT2D eigenvalue weighted by atomic mass is 10.2. The van der Waals surface area contributed by atoms with E-state index in [4.69, 9.17) is 21.3 Å². The zero-order chi connectivity index (χ0) is 23.1. The molecule has 2 aliphatic rings. The third kappa shape index (κ3) is 2.48. The van der Waals surface area contributed by atoms with Crippen LogP contribution < -0.4 is 25.4 Å². The van der Waals surface area contributed by atoms with Crippen LogP contribution in [0.5, 0.6) is 23.0 Å². The number of nitrogens with zero attached hydrogens (tertiary/aromatic N) is 1. The summed E-state index contributed by atoms with van der Waals surface area (Å²) in [6.45, 7) is 0. The van der Waals surface area contributed by atoms with Crippen molar-refractivity contribution < 1.29 is 9.47 Å². The second-order valence-electron chi connectivity index (χ2n) is 8.91. The van der Waals surface area contributed by atoms with Gasteiger partial charge in [0.05, 0.1) is 28.1 Å². The van der Waals surface area contributed by atoms with Gasteiger partial charge >= 0.3 is 0 Å². The highest BCUT2D eigenvalue weighted by Crippen LogP contribution is 2.59. The standard InChI is InChI=1S/C30H18NO2PS/c35-34-28-15-7-5-13-24(28)32-26-17-19(18-27(30(26)34)33-25-14-6-8-16-29(25)34)31-22-11-3-1-9-20(22)21-10-2-4-12-23(21)31/h1-18H. The summed E-state index contributed by atoms with van der Waals surface area (Å²) in [6.07, 6.45) is 0. The molecule has 6 aromatic rings. The molecule has 3 nitrogen and oxygen atoms in total. The van der Waals surface area contributed by atoms with Gasteiger partial charge in [0.25, 0.3) is 0 Å². The van der Waals surface area contributed by atoms with Gasteiger partial charge in [-0.15, -0.1) is 0 Å². The van der Waals surface area contributed by atoms with Gasteiger partial charge in [-0.1, -0.05) is 72.5 Å². The molecule has 3 heterocycles. The summed E-state index contributed by atoms with van der Waals surface area (Å²) >= 11 is 6.60. The summed E-state index contributed by atoms with van der Waals surface area (Å²) in [5, 5.41) is 5.62. The van der Waals surface area contributed by atoms with Crippen LogP contribution in [-0.2, 0) is 11.8 Å². The number of ether oxygens (including phenoxy) is 2. The van der Waals surface area contributed by atoms with Gasteiger partial charge in [0.2, 0.25) is 0 Å². The number of para-hydroxylation sites is 4. The predicted molar refractivity (Wildman–Crippen MR) is 147 cm³/mol. The Balaban J connectivity index is 1.48. The third-order valence-corrected chi connectivity index (χ3v) is 11.9. The Morgan fingerprint density at radius 3 is 1.54 bits per heavy atom. The van der Waals surface area contributed by atoms with E-state index in [1.54, 1.807) is 0 Å². The van der Waals surface area contributed by atoms with Crippen LogP contribution in [0.15, 0.2) is 109 Å². The first-order valence-electron chi connectivity index (χ1n) is 11.6. The largest absolute Gasteiger partial charge is 0.456 e. The molecule has 0 radical (unpaired) electrons. The monoisotopic (exact) mass is 487 g/mol. The van der Waals surface area contributed by atoms with Crippen LogP contribution in [0.2, 0.25) is 0 Å². The molecule has 0 aliphatic carbocycles. The molecule has 0 spiro atoms. The first kappa shape index (κ1) is 19.5. The fourth-order valence-corrected chi connectivity index (χ4v) is 10.1. The molecule has 0 unspecified atom stereocenters. The molecule has 5 aromatic carbocycles. The molecular weight excluding hydrogens is 469 g/mol. The maximum absolute atomic E-state index is 6.60. The van der Waals surface area contributed by atoms with Crippen LogP contribution in [-0.4, -0.2) is 4.57 Å². The van der Waals surface area contributed by atoms with Crippen molar-refractivity contribution in [3.63, 3.8) is 0 Å². The van der Waals surface area contributed by atoms with Crippen LogP contribution in [0.3, 0.4) is 0 Å². The Labute approximate surface area is 207 Å². The van der Waals surface area contributed by atoms with E-state index in [9.17, 15) is 0 Å². The van der Waals surface area contributed by atoms with E-state index in [2.05, 4.69) is 77.4 Å². The zero-order valence-electron chi connectivity index (χ0n) is 18.5. The Kier molecular flexibility index (Phi) is 3.81. The average molecular weight is 488 g/mol. The number of aromatic nitrogens is 1. The third-order valence-electron chi connectivity index (χ3n) is 7.03. The highest BCUT2D eigenvalue weighted by molar-refractivity contribution is 8.26. The zero-order valence-corrected chi connectivity index (χ0v) is 20.2. The van der Waals surface area contributed by atoms with Crippen LogP contribution in [0, 0.1) is 0 Å². The minimum Gasteiger partial charge on any atom is -0.456 e. The van der Waals surface area contributed by atoms with E-state index < -0.39 is 6.04 Å². The van der Waals surface area contributed by atoms with Gasteiger partial charge < -0.3 is 14.0 Å². The number of fused-ring (bicyclic) bond motifs is 7. The fourth-order valence-electron chi connectivity index (χ4n) is 5.58. The van der Waals surface area contributed by atoms with Gasteiger partial charge in [0.1, 0.15) is 23.0 Å². The highest BCUT2D eigenvalue weighted by atomic mass is 32.4. The summed E-state index contributed by atoms with van der Waals surface area (Å²) in [5.41, 5.74) is 3.29. The van der Waals surface area contributed by atoms with Crippen LogP contribution in [0.25, 0.3) is 27.5 Å². The van der Waals surface area contributed by atoms with Crippen LogP contribution in [0.1, 0.15) is 0 Å². The number of hydrogen-bond donors (Lipinski definition) is 0. The lowest BCUT2D eigenvalue weighted by Crippen LogP contribution is -2.35. The molecule has 0 bridgehead atoms. The Hall–Kier alpha value is -3.85. The van der Waals surface area contributed by atoms with Gasteiger partial charge in [-0.25, -0.2) is 0 Å². The van der Waals surface area contributed by atoms with Gasteiger partial charge in [0.15, 0.2) is 0 Å². The van der Waals surface area contributed by atoms with Crippen molar-refractivity contribution in [1.82, 2.24) is 4.57 Å². The van der Waals surface area contributed by atoms with Crippen molar-refractivity contribution in [3.8, 4) is 28.7 Å².